The number of carbonyl (C=O) groups is 2. The number of carbonyl (C=O) groups excluding carboxylic acids is 2. The summed E-state index contributed by atoms with van der Waals surface area (Å²) < 4.78 is 10.2. The van der Waals surface area contributed by atoms with E-state index in [2.05, 4.69) is 5.32 Å². The molecule has 0 heterocycles. The van der Waals surface area contributed by atoms with E-state index in [-0.39, 0.29) is 13.0 Å². The first-order chi connectivity index (χ1) is 12.9. The summed E-state index contributed by atoms with van der Waals surface area (Å²) in [5, 5.41) is 13.5. The van der Waals surface area contributed by atoms with E-state index >= 15 is 0 Å². The molecule has 1 N–H and O–H groups in total. The van der Waals surface area contributed by atoms with Crippen molar-refractivity contribution in [2.24, 2.45) is 0 Å². The molecule has 7 heteroatoms. The van der Waals surface area contributed by atoms with Crippen LogP contribution in [0.2, 0.25) is 0 Å². The Kier molecular flexibility index (Phi) is 7.26. The topological polar surface area (TPSA) is 88.4 Å². The predicted molar refractivity (Wildman–Crippen MR) is 104 cm³/mol. The molecule has 0 fully saturated rings. The first-order valence-corrected chi connectivity index (χ1v) is 9.00. The summed E-state index contributed by atoms with van der Waals surface area (Å²) >= 11 is 1.06. The minimum Gasteiger partial charge on any atom is -0.497 e. The van der Waals surface area contributed by atoms with E-state index in [9.17, 15) is 9.59 Å². The van der Waals surface area contributed by atoms with Gasteiger partial charge in [-0.3, -0.25) is 9.59 Å². The van der Waals surface area contributed by atoms with Gasteiger partial charge in [0.15, 0.2) is 6.61 Å². The predicted octanol–water partition coefficient (Wildman–Crippen LogP) is 3.61. The lowest BCUT2D eigenvalue weighted by Gasteiger charge is -2.13. The van der Waals surface area contributed by atoms with Gasteiger partial charge in [0.25, 0.3) is 5.91 Å². The van der Waals surface area contributed by atoms with Gasteiger partial charge in [-0.15, -0.1) is 0 Å². The number of thiocyanates is 1. The van der Waals surface area contributed by atoms with Crippen molar-refractivity contribution >= 4 is 29.3 Å². The van der Waals surface area contributed by atoms with E-state index in [4.69, 9.17) is 14.7 Å². The number of aryl methyl sites for hydroxylation is 2. The molecule has 0 aromatic heterocycles. The zero-order valence-electron chi connectivity index (χ0n) is 15.4. The van der Waals surface area contributed by atoms with Crippen molar-refractivity contribution in [1.29, 1.82) is 5.26 Å². The fraction of sp³-hybridized carbons (Fsp3) is 0.250. The van der Waals surface area contributed by atoms with E-state index in [1.165, 1.54) is 0 Å². The van der Waals surface area contributed by atoms with Crippen LogP contribution in [0.25, 0.3) is 0 Å². The number of nitrogens with one attached hydrogen (secondary N) is 1. The van der Waals surface area contributed by atoms with Crippen molar-refractivity contribution in [3.63, 3.8) is 0 Å². The molecule has 1 amide bonds. The van der Waals surface area contributed by atoms with Crippen LogP contribution in [0.3, 0.4) is 0 Å². The Labute approximate surface area is 162 Å². The summed E-state index contributed by atoms with van der Waals surface area (Å²) in [5.74, 6) is -0.254. The van der Waals surface area contributed by atoms with E-state index < -0.39 is 11.9 Å². The summed E-state index contributed by atoms with van der Waals surface area (Å²) in [4.78, 5) is 24.9. The zero-order valence-corrected chi connectivity index (χ0v) is 16.2. The number of rotatable bonds is 7. The molecule has 0 spiro atoms. The molecule has 0 saturated heterocycles. The van der Waals surface area contributed by atoms with Crippen LogP contribution in [0.5, 0.6) is 5.75 Å². The Morgan fingerprint density at radius 2 is 1.89 bits per heavy atom. The highest BCUT2D eigenvalue weighted by Gasteiger charge is 2.12. The average Bonchev–Trinajstić information content (AvgIpc) is 2.63. The molecule has 0 aliphatic carbocycles. The number of nitriles is 1. The van der Waals surface area contributed by atoms with Crippen molar-refractivity contribution in [2.75, 3.05) is 19.0 Å². The van der Waals surface area contributed by atoms with Crippen LogP contribution in [0.15, 0.2) is 41.3 Å². The molecule has 6 nitrogen and oxygen atoms in total. The van der Waals surface area contributed by atoms with Gasteiger partial charge >= 0.3 is 5.97 Å². The molecule has 2 aromatic carbocycles. The fourth-order valence-corrected chi connectivity index (χ4v) is 3.13. The number of methoxy groups -OCH3 is 1. The van der Waals surface area contributed by atoms with Crippen molar-refractivity contribution < 1.29 is 19.1 Å². The van der Waals surface area contributed by atoms with Gasteiger partial charge < -0.3 is 14.8 Å². The number of thioether (sulfide) groups is 1. The van der Waals surface area contributed by atoms with Crippen LogP contribution in [0, 0.1) is 24.5 Å². The van der Waals surface area contributed by atoms with Crippen molar-refractivity contribution in [3.05, 3.63) is 53.1 Å². The lowest BCUT2D eigenvalue weighted by Crippen LogP contribution is -2.22. The number of amides is 1. The Morgan fingerprint density at radius 3 is 2.52 bits per heavy atom. The van der Waals surface area contributed by atoms with Crippen LogP contribution in [-0.2, 0) is 20.7 Å². The van der Waals surface area contributed by atoms with Gasteiger partial charge in [-0.25, -0.2) is 0 Å². The monoisotopic (exact) mass is 384 g/mol. The highest BCUT2D eigenvalue weighted by atomic mass is 32.2. The number of hydrogen-bond donors (Lipinski definition) is 1. The SMILES string of the molecule is COc1cccc(CC(=O)OCC(=O)Nc2c(C)cc(SC#N)cc2C)c1. The fourth-order valence-electron chi connectivity index (χ4n) is 2.55. The third-order valence-corrected chi connectivity index (χ3v) is 4.34. The molecular weight excluding hydrogens is 364 g/mol. The third kappa shape index (κ3) is 6.04. The molecule has 0 aliphatic rings. The Hall–Kier alpha value is -2.98. The first-order valence-electron chi connectivity index (χ1n) is 8.18. The standard InChI is InChI=1S/C20H20N2O4S/c1-13-7-17(27-12-21)8-14(2)20(13)22-18(23)11-26-19(24)10-15-5-4-6-16(9-15)25-3/h4-9H,10-11H2,1-3H3,(H,22,23). The molecule has 140 valence electrons. The van der Waals surface area contributed by atoms with Crippen LogP contribution < -0.4 is 10.1 Å². The summed E-state index contributed by atoms with van der Waals surface area (Å²) in [6.07, 6.45) is 0.0582. The van der Waals surface area contributed by atoms with E-state index in [1.807, 2.05) is 31.4 Å². The van der Waals surface area contributed by atoms with Gasteiger partial charge in [-0.1, -0.05) is 12.1 Å². The maximum absolute atomic E-state index is 12.1. The smallest absolute Gasteiger partial charge is 0.310 e. The first kappa shape index (κ1) is 20.3. The summed E-state index contributed by atoms with van der Waals surface area (Å²) in [7, 11) is 1.55. The molecule has 0 saturated carbocycles. The van der Waals surface area contributed by atoms with Crippen LogP contribution in [-0.4, -0.2) is 25.6 Å². The Morgan fingerprint density at radius 1 is 1.19 bits per heavy atom. The van der Waals surface area contributed by atoms with Crippen molar-refractivity contribution in [3.8, 4) is 11.2 Å². The van der Waals surface area contributed by atoms with Crippen LogP contribution in [0.1, 0.15) is 16.7 Å². The lowest BCUT2D eigenvalue weighted by molar-refractivity contribution is -0.146. The molecule has 2 rings (SSSR count). The molecule has 0 unspecified atom stereocenters. The van der Waals surface area contributed by atoms with Crippen LogP contribution >= 0.6 is 11.8 Å². The molecular formula is C20H20N2O4S. The minimum atomic E-state index is -0.493. The second-order valence-electron chi connectivity index (χ2n) is 5.86. The summed E-state index contributed by atoms with van der Waals surface area (Å²) in [6.45, 7) is 3.33. The number of nitrogens with zero attached hydrogens (tertiary/aromatic N) is 1. The van der Waals surface area contributed by atoms with Crippen molar-refractivity contribution in [2.45, 2.75) is 25.2 Å². The molecule has 0 bridgehead atoms. The molecule has 0 radical (unpaired) electrons. The summed E-state index contributed by atoms with van der Waals surface area (Å²) in [6, 6.07) is 10.8. The molecule has 0 aliphatic heterocycles. The normalized spacial score (nSPS) is 10.0. The van der Waals surface area contributed by atoms with Gasteiger partial charge in [0.1, 0.15) is 11.2 Å². The summed E-state index contributed by atoms with van der Waals surface area (Å²) in [5.41, 5.74) is 3.08. The van der Waals surface area contributed by atoms with E-state index in [1.54, 1.807) is 31.4 Å². The van der Waals surface area contributed by atoms with Gasteiger partial charge in [0.05, 0.1) is 13.5 Å². The molecule has 2 aromatic rings. The van der Waals surface area contributed by atoms with Gasteiger partial charge in [0, 0.05) is 10.6 Å². The van der Waals surface area contributed by atoms with Gasteiger partial charge in [-0.2, -0.15) is 5.26 Å². The molecule has 0 atom stereocenters. The van der Waals surface area contributed by atoms with E-state index in [0.29, 0.717) is 11.4 Å². The quantitative estimate of drug-likeness (QED) is 0.446. The highest BCUT2D eigenvalue weighted by molar-refractivity contribution is 8.03. The second-order valence-corrected chi connectivity index (χ2v) is 6.72. The maximum atomic E-state index is 12.1. The number of benzene rings is 2. The second kappa shape index (κ2) is 9.64. The van der Waals surface area contributed by atoms with Crippen molar-refractivity contribution in [1.82, 2.24) is 0 Å². The van der Waals surface area contributed by atoms with Gasteiger partial charge in [0.2, 0.25) is 0 Å². The lowest BCUT2D eigenvalue weighted by atomic mass is 10.1. The minimum absolute atomic E-state index is 0.0582. The maximum Gasteiger partial charge on any atom is 0.310 e. The molecule has 27 heavy (non-hydrogen) atoms. The van der Waals surface area contributed by atoms with E-state index in [0.717, 1.165) is 33.3 Å². The number of esters is 1. The number of hydrogen-bond acceptors (Lipinski definition) is 6. The zero-order chi connectivity index (χ0) is 19.8. The Bertz CT molecular complexity index is 867. The number of ether oxygens (including phenoxy) is 2. The number of anilines is 1. The average molecular weight is 384 g/mol. The largest absolute Gasteiger partial charge is 0.497 e. The third-order valence-electron chi connectivity index (χ3n) is 3.78. The Balaban J connectivity index is 1.90. The highest BCUT2D eigenvalue weighted by Crippen LogP contribution is 2.27. The van der Waals surface area contributed by atoms with Crippen LogP contribution in [0.4, 0.5) is 5.69 Å². The van der Waals surface area contributed by atoms with Gasteiger partial charge in [-0.05, 0) is 66.6 Å².